The first-order valence-electron chi connectivity index (χ1n) is 11.7. The smallest absolute Gasteiger partial charge is 0.416 e. The number of alkyl halides is 3. The van der Waals surface area contributed by atoms with Gasteiger partial charge in [-0.05, 0) is 37.0 Å². The number of methoxy groups -OCH3 is 2. The van der Waals surface area contributed by atoms with Gasteiger partial charge in [-0.1, -0.05) is 60.3 Å². The summed E-state index contributed by atoms with van der Waals surface area (Å²) in [6.07, 6.45) is -3.95. The largest absolute Gasteiger partial charge is 0.466 e. The minimum atomic E-state index is -4.63. The van der Waals surface area contributed by atoms with Gasteiger partial charge in [0.25, 0.3) is 0 Å². The van der Waals surface area contributed by atoms with Crippen molar-refractivity contribution < 1.29 is 37.0 Å². The number of hydrogen-bond acceptors (Lipinski definition) is 7. The van der Waals surface area contributed by atoms with Crippen LogP contribution in [0.25, 0.3) is 0 Å². The number of esters is 2. The molecule has 0 bridgehead atoms. The fourth-order valence-corrected chi connectivity index (χ4v) is 5.42. The zero-order valence-corrected chi connectivity index (χ0v) is 22.2. The number of carbonyl (C=O) groups is 3. The molecular formula is C28H28F3NO5S. The van der Waals surface area contributed by atoms with Gasteiger partial charge in [0.05, 0.1) is 36.8 Å². The van der Waals surface area contributed by atoms with E-state index in [-0.39, 0.29) is 33.5 Å². The Morgan fingerprint density at radius 1 is 0.974 bits per heavy atom. The highest BCUT2D eigenvalue weighted by atomic mass is 32.2. The molecule has 10 heteroatoms. The molecule has 0 saturated carbocycles. The molecule has 3 rings (SSSR count). The molecule has 2 aromatic carbocycles. The van der Waals surface area contributed by atoms with Crippen molar-refractivity contribution in [3.05, 3.63) is 93.8 Å². The summed E-state index contributed by atoms with van der Waals surface area (Å²) in [6.45, 7) is 3.07. The molecule has 202 valence electrons. The van der Waals surface area contributed by atoms with Gasteiger partial charge in [-0.3, -0.25) is 4.79 Å². The molecule has 38 heavy (non-hydrogen) atoms. The lowest BCUT2D eigenvalue weighted by molar-refractivity contribution is -0.138. The normalized spacial score (nSPS) is 16.6. The van der Waals surface area contributed by atoms with E-state index in [0.717, 1.165) is 43.7 Å². The first kappa shape index (κ1) is 29.0. The van der Waals surface area contributed by atoms with Crippen molar-refractivity contribution in [3.63, 3.8) is 0 Å². The molecule has 0 aromatic heterocycles. The van der Waals surface area contributed by atoms with Crippen LogP contribution in [0.3, 0.4) is 0 Å². The maximum atomic E-state index is 13.6. The van der Waals surface area contributed by atoms with Crippen molar-refractivity contribution in [1.29, 1.82) is 0 Å². The van der Waals surface area contributed by atoms with E-state index in [9.17, 15) is 27.6 Å². The number of thioether (sulfide) groups is 1. The van der Waals surface area contributed by atoms with Gasteiger partial charge in [0.1, 0.15) is 0 Å². The van der Waals surface area contributed by atoms with E-state index in [1.54, 1.807) is 6.92 Å². The van der Waals surface area contributed by atoms with Gasteiger partial charge < -0.3 is 14.8 Å². The number of halogens is 3. The van der Waals surface area contributed by atoms with E-state index in [0.29, 0.717) is 17.8 Å². The van der Waals surface area contributed by atoms with Crippen LogP contribution in [0.1, 0.15) is 54.5 Å². The molecule has 6 nitrogen and oxygen atoms in total. The zero-order valence-electron chi connectivity index (χ0n) is 21.3. The highest BCUT2D eigenvalue weighted by molar-refractivity contribution is 8.13. The molecule has 1 aliphatic rings. The van der Waals surface area contributed by atoms with Crippen LogP contribution >= 0.6 is 11.8 Å². The van der Waals surface area contributed by atoms with Crippen LogP contribution in [0.5, 0.6) is 0 Å². The topological polar surface area (TPSA) is 81.7 Å². The Bertz CT molecular complexity index is 1270. The van der Waals surface area contributed by atoms with E-state index in [1.807, 2.05) is 30.3 Å². The lowest BCUT2D eigenvalue weighted by Gasteiger charge is -2.32. The number of benzene rings is 2. The summed E-state index contributed by atoms with van der Waals surface area (Å²) in [6, 6.07) is 13.9. The van der Waals surface area contributed by atoms with Crippen LogP contribution in [-0.4, -0.2) is 31.3 Å². The summed E-state index contributed by atoms with van der Waals surface area (Å²) in [5, 5.41) is 2.78. The van der Waals surface area contributed by atoms with Crippen LogP contribution in [-0.2, 0) is 30.0 Å². The molecule has 2 atom stereocenters. The van der Waals surface area contributed by atoms with E-state index >= 15 is 0 Å². The van der Waals surface area contributed by atoms with E-state index in [4.69, 9.17) is 9.47 Å². The summed E-state index contributed by atoms with van der Waals surface area (Å²) in [5.74, 6) is -2.74. The van der Waals surface area contributed by atoms with Gasteiger partial charge in [0.2, 0.25) is 0 Å². The predicted octanol–water partition coefficient (Wildman–Crippen LogP) is 6.07. The van der Waals surface area contributed by atoms with Crippen LogP contribution in [0.4, 0.5) is 13.2 Å². The molecule has 0 radical (unpaired) electrons. The zero-order chi connectivity index (χ0) is 28.0. The molecule has 1 heterocycles. The minimum absolute atomic E-state index is 0.00805. The van der Waals surface area contributed by atoms with Crippen molar-refractivity contribution in [3.8, 4) is 0 Å². The standard InChI is InChI=1S/C28H28F3NO5S/c1-16-23(26(34)36-3)24(19-11-8-12-20(15-19)28(29,30)31)25(27(35)37-4)21(32-16)13-14-22(38-17(2)33)18-9-6-5-7-10-18/h5-12,15,22,24,32H,13-14H2,1-4H3. The van der Waals surface area contributed by atoms with Gasteiger partial charge in [-0.15, -0.1) is 0 Å². The van der Waals surface area contributed by atoms with Gasteiger partial charge in [0, 0.05) is 23.6 Å². The Morgan fingerprint density at radius 2 is 1.61 bits per heavy atom. The molecule has 0 saturated heterocycles. The minimum Gasteiger partial charge on any atom is -0.466 e. The number of ether oxygens (including phenoxy) is 2. The Morgan fingerprint density at radius 3 is 2.18 bits per heavy atom. The Balaban J connectivity index is 2.14. The molecule has 1 aliphatic heterocycles. The molecule has 2 unspecified atom stereocenters. The third-order valence-corrected chi connectivity index (χ3v) is 7.26. The van der Waals surface area contributed by atoms with Gasteiger partial charge >= 0.3 is 18.1 Å². The molecule has 2 aromatic rings. The fraction of sp³-hybridized carbons (Fsp3) is 0.321. The first-order chi connectivity index (χ1) is 18.0. The highest BCUT2D eigenvalue weighted by Gasteiger charge is 2.40. The average Bonchev–Trinajstić information content (AvgIpc) is 2.89. The SMILES string of the molecule is COC(=O)C1=C(C)NC(CCC(SC(C)=O)c2ccccc2)=C(C(=O)OC)C1c1cccc(C(F)(F)F)c1. The van der Waals surface area contributed by atoms with Crippen LogP contribution in [0, 0.1) is 0 Å². The van der Waals surface area contributed by atoms with Crippen molar-refractivity contribution in [2.75, 3.05) is 14.2 Å². The lowest BCUT2D eigenvalue weighted by Crippen LogP contribution is -2.33. The van der Waals surface area contributed by atoms with Gasteiger partial charge in [0.15, 0.2) is 5.12 Å². The summed E-state index contributed by atoms with van der Waals surface area (Å²) in [5.41, 5.74) is 0.860. The van der Waals surface area contributed by atoms with Crippen molar-refractivity contribution in [2.45, 2.75) is 44.0 Å². The summed E-state index contributed by atoms with van der Waals surface area (Å²) in [4.78, 5) is 37.9. The van der Waals surface area contributed by atoms with Gasteiger partial charge in [-0.25, -0.2) is 9.59 Å². The number of allylic oxidation sites excluding steroid dienone is 2. The third-order valence-electron chi connectivity index (χ3n) is 6.14. The van der Waals surface area contributed by atoms with Crippen LogP contribution in [0.15, 0.2) is 77.1 Å². The maximum Gasteiger partial charge on any atom is 0.416 e. The van der Waals surface area contributed by atoms with Crippen molar-refractivity contribution >= 4 is 28.8 Å². The maximum absolute atomic E-state index is 13.6. The van der Waals surface area contributed by atoms with Crippen molar-refractivity contribution in [2.24, 2.45) is 0 Å². The highest BCUT2D eigenvalue weighted by Crippen LogP contribution is 2.43. The number of rotatable bonds is 8. The number of nitrogens with one attached hydrogen (secondary N) is 1. The molecule has 0 fully saturated rings. The summed E-state index contributed by atoms with van der Waals surface area (Å²) in [7, 11) is 2.32. The second kappa shape index (κ2) is 12.3. The van der Waals surface area contributed by atoms with Crippen molar-refractivity contribution in [1.82, 2.24) is 5.32 Å². The first-order valence-corrected chi connectivity index (χ1v) is 12.6. The van der Waals surface area contributed by atoms with E-state index in [2.05, 4.69) is 5.32 Å². The van der Waals surface area contributed by atoms with E-state index in [1.165, 1.54) is 19.1 Å². The summed E-state index contributed by atoms with van der Waals surface area (Å²) < 4.78 is 50.6. The average molecular weight is 548 g/mol. The molecular weight excluding hydrogens is 519 g/mol. The predicted molar refractivity (Wildman–Crippen MR) is 138 cm³/mol. The molecule has 0 amide bonds. The Labute approximate surface area is 223 Å². The van der Waals surface area contributed by atoms with Gasteiger partial charge in [-0.2, -0.15) is 13.2 Å². The monoisotopic (exact) mass is 547 g/mol. The molecule has 0 spiro atoms. The van der Waals surface area contributed by atoms with Crippen LogP contribution in [0.2, 0.25) is 0 Å². The lowest BCUT2D eigenvalue weighted by atomic mass is 9.79. The molecule has 1 N–H and O–H groups in total. The Hall–Kier alpha value is -3.53. The third kappa shape index (κ3) is 6.66. The summed E-state index contributed by atoms with van der Waals surface area (Å²) >= 11 is 1.15. The van der Waals surface area contributed by atoms with E-state index < -0.39 is 29.6 Å². The van der Waals surface area contributed by atoms with Crippen LogP contribution < -0.4 is 5.32 Å². The molecule has 0 aliphatic carbocycles. The second-order valence-corrected chi connectivity index (χ2v) is 10.0. The Kier molecular flexibility index (Phi) is 9.43. The number of dihydropyridines is 1. The quantitative estimate of drug-likeness (QED) is 0.402. The number of hydrogen-bond donors (Lipinski definition) is 1. The number of carbonyl (C=O) groups excluding carboxylic acids is 3. The second-order valence-electron chi connectivity index (χ2n) is 8.64. The fourth-order valence-electron chi connectivity index (χ4n) is 4.49.